The van der Waals surface area contributed by atoms with Gasteiger partial charge >= 0.3 is 0 Å². The molecule has 4 nitrogen and oxygen atoms in total. The van der Waals surface area contributed by atoms with Crippen LogP contribution in [0.2, 0.25) is 0 Å². The number of aryl methyl sites for hydroxylation is 1. The smallest absolute Gasteiger partial charge is 0.142 e. The van der Waals surface area contributed by atoms with Crippen molar-refractivity contribution in [2.45, 2.75) is 39.2 Å². The van der Waals surface area contributed by atoms with Gasteiger partial charge in [0, 0.05) is 6.54 Å². The summed E-state index contributed by atoms with van der Waals surface area (Å²) in [6.07, 6.45) is 5.33. The maximum atomic E-state index is 5.54. The number of thiocarbonyl (C=S) groups is 1. The SMILES string of the molecule is Cc1c(C(N)=S)nnn1CCC1CCC1. The summed E-state index contributed by atoms with van der Waals surface area (Å²) in [4.78, 5) is 0.336. The molecule has 0 unspecified atom stereocenters. The van der Waals surface area contributed by atoms with Crippen molar-refractivity contribution in [3.63, 3.8) is 0 Å². The van der Waals surface area contributed by atoms with Gasteiger partial charge in [-0.05, 0) is 19.3 Å². The van der Waals surface area contributed by atoms with Gasteiger partial charge in [0.25, 0.3) is 0 Å². The summed E-state index contributed by atoms with van der Waals surface area (Å²) in [5, 5.41) is 8.05. The Labute approximate surface area is 94.8 Å². The maximum absolute atomic E-state index is 5.54. The highest BCUT2D eigenvalue weighted by Crippen LogP contribution is 2.29. The first-order valence-corrected chi connectivity index (χ1v) is 5.79. The van der Waals surface area contributed by atoms with Gasteiger partial charge in [-0.3, -0.25) is 0 Å². The third-order valence-electron chi connectivity index (χ3n) is 3.19. The maximum Gasteiger partial charge on any atom is 0.142 e. The summed E-state index contributed by atoms with van der Waals surface area (Å²) in [6.45, 7) is 2.90. The van der Waals surface area contributed by atoms with E-state index in [2.05, 4.69) is 10.3 Å². The molecular weight excluding hydrogens is 208 g/mol. The molecule has 0 radical (unpaired) electrons. The van der Waals surface area contributed by atoms with Gasteiger partial charge in [-0.2, -0.15) is 0 Å². The minimum atomic E-state index is 0.336. The van der Waals surface area contributed by atoms with Crippen LogP contribution in [0.4, 0.5) is 0 Å². The van der Waals surface area contributed by atoms with Crippen LogP contribution in [0.3, 0.4) is 0 Å². The van der Waals surface area contributed by atoms with E-state index in [4.69, 9.17) is 18.0 Å². The molecule has 5 heteroatoms. The van der Waals surface area contributed by atoms with Crippen LogP contribution < -0.4 is 5.73 Å². The van der Waals surface area contributed by atoms with Gasteiger partial charge in [-0.15, -0.1) is 5.10 Å². The average molecular weight is 224 g/mol. The van der Waals surface area contributed by atoms with Gasteiger partial charge in [0.1, 0.15) is 10.7 Å². The van der Waals surface area contributed by atoms with Gasteiger partial charge < -0.3 is 5.73 Å². The Kier molecular flexibility index (Phi) is 3.00. The number of aromatic nitrogens is 3. The molecule has 1 aliphatic rings. The molecule has 1 heterocycles. The Balaban J connectivity index is 1.98. The summed E-state index contributed by atoms with van der Waals surface area (Å²) in [7, 11) is 0. The Hall–Kier alpha value is -0.970. The quantitative estimate of drug-likeness (QED) is 0.786. The van der Waals surface area contributed by atoms with Crippen molar-refractivity contribution < 1.29 is 0 Å². The zero-order chi connectivity index (χ0) is 10.8. The van der Waals surface area contributed by atoms with E-state index in [0.29, 0.717) is 10.7 Å². The molecule has 2 rings (SSSR count). The van der Waals surface area contributed by atoms with Crippen LogP contribution in [0.5, 0.6) is 0 Å². The van der Waals surface area contributed by atoms with E-state index in [1.807, 2.05) is 11.6 Å². The number of nitrogens with zero attached hydrogens (tertiary/aromatic N) is 3. The average Bonchev–Trinajstić information content (AvgIpc) is 2.45. The fourth-order valence-corrected chi connectivity index (χ4v) is 2.08. The molecule has 82 valence electrons. The van der Waals surface area contributed by atoms with Crippen molar-refractivity contribution in [3.8, 4) is 0 Å². The Morgan fingerprint density at radius 1 is 1.60 bits per heavy atom. The summed E-state index contributed by atoms with van der Waals surface area (Å²) >= 11 is 4.89. The number of hydrogen-bond acceptors (Lipinski definition) is 3. The summed E-state index contributed by atoms with van der Waals surface area (Å²) in [5.74, 6) is 0.891. The minimum absolute atomic E-state index is 0.336. The van der Waals surface area contributed by atoms with Crippen LogP contribution in [0.1, 0.15) is 37.1 Å². The van der Waals surface area contributed by atoms with Crippen molar-refractivity contribution in [2.24, 2.45) is 11.7 Å². The van der Waals surface area contributed by atoms with Gasteiger partial charge in [0.05, 0.1) is 5.69 Å². The van der Waals surface area contributed by atoms with Crippen LogP contribution in [0.15, 0.2) is 0 Å². The molecule has 0 saturated heterocycles. The lowest BCUT2D eigenvalue weighted by Gasteiger charge is -2.25. The topological polar surface area (TPSA) is 56.7 Å². The van der Waals surface area contributed by atoms with E-state index in [-0.39, 0.29) is 0 Å². The molecule has 1 aromatic heterocycles. The third kappa shape index (κ3) is 2.17. The molecule has 0 atom stereocenters. The van der Waals surface area contributed by atoms with Gasteiger partial charge in [0.2, 0.25) is 0 Å². The van der Waals surface area contributed by atoms with Crippen molar-refractivity contribution in [1.29, 1.82) is 0 Å². The van der Waals surface area contributed by atoms with Crippen molar-refractivity contribution >= 4 is 17.2 Å². The van der Waals surface area contributed by atoms with Crippen molar-refractivity contribution in [1.82, 2.24) is 15.0 Å². The largest absolute Gasteiger partial charge is 0.388 e. The third-order valence-corrected chi connectivity index (χ3v) is 3.38. The summed E-state index contributed by atoms with van der Waals surface area (Å²) in [6, 6.07) is 0. The lowest BCUT2D eigenvalue weighted by Crippen LogP contribution is -2.16. The second kappa shape index (κ2) is 4.26. The highest BCUT2D eigenvalue weighted by Gasteiger charge is 2.18. The minimum Gasteiger partial charge on any atom is -0.388 e. The van der Waals surface area contributed by atoms with E-state index >= 15 is 0 Å². The second-order valence-electron chi connectivity index (χ2n) is 4.20. The normalized spacial score (nSPS) is 16.3. The summed E-state index contributed by atoms with van der Waals surface area (Å²) in [5.41, 5.74) is 7.19. The van der Waals surface area contributed by atoms with E-state index in [9.17, 15) is 0 Å². The van der Waals surface area contributed by atoms with Gasteiger partial charge in [0.15, 0.2) is 0 Å². The van der Waals surface area contributed by atoms with E-state index in [1.54, 1.807) is 0 Å². The second-order valence-corrected chi connectivity index (χ2v) is 4.64. The standard InChI is InChI=1S/C10H16N4S/c1-7-9(10(11)15)12-13-14(7)6-5-8-3-2-4-8/h8H,2-6H2,1H3,(H2,11,15). The molecule has 1 fully saturated rings. The Bertz CT molecular complexity index is 367. The molecule has 0 aromatic carbocycles. The highest BCUT2D eigenvalue weighted by atomic mass is 32.1. The number of hydrogen-bond donors (Lipinski definition) is 1. The molecule has 0 bridgehead atoms. The Morgan fingerprint density at radius 2 is 2.33 bits per heavy atom. The fraction of sp³-hybridized carbons (Fsp3) is 0.700. The molecule has 1 aliphatic carbocycles. The number of rotatable bonds is 4. The highest BCUT2D eigenvalue weighted by molar-refractivity contribution is 7.80. The van der Waals surface area contributed by atoms with Crippen molar-refractivity contribution in [2.75, 3.05) is 0 Å². The van der Waals surface area contributed by atoms with E-state index in [1.165, 1.54) is 25.7 Å². The predicted octanol–water partition coefficient (Wildman–Crippen LogP) is 1.41. The van der Waals surface area contributed by atoms with Crippen LogP contribution in [-0.2, 0) is 6.54 Å². The zero-order valence-electron chi connectivity index (χ0n) is 8.94. The van der Waals surface area contributed by atoms with E-state index < -0.39 is 0 Å². The van der Waals surface area contributed by atoms with Crippen molar-refractivity contribution in [3.05, 3.63) is 11.4 Å². The van der Waals surface area contributed by atoms with Gasteiger partial charge in [-0.25, -0.2) is 4.68 Å². The van der Waals surface area contributed by atoms with Crippen LogP contribution in [0.25, 0.3) is 0 Å². The molecule has 15 heavy (non-hydrogen) atoms. The first-order valence-electron chi connectivity index (χ1n) is 5.38. The monoisotopic (exact) mass is 224 g/mol. The molecule has 1 saturated carbocycles. The molecule has 1 aromatic rings. The summed E-state index contributed by atoms with van der Waals surface area (Å²) < 4.78 is 1.91. The first kappa shape index (κ1) is 10.5. The van der Waals surface area contributed by atoms with Gasteiger partial charge in [-0.1, -0.05) is 36.7 Å². The molecule has 0 amide bonds. The lowest BCUT2D eigenvalue weighted by atomic mass is 9.83. The Morgan fingerprint density at radius 3 is 2.80 bits per heavy atom. The van der Waals surface area contributed by atoms with Crippen LogP contribution in [-0.4, -0.2) is 20.0 Å². The molecule has 0 aliphatic heterocycles. The fourth-order valence-electron chi connectivity index (χ4n) is 1.89. The van der Waals surface area contributed by atoms with Crippen LogP contribution >= 0.6 is 12.2 Å². The number of nitrogens with two attached hydrogens (primary N) is 1. The molecule has 0 spiro atoms. The van der Waals surface area contributed by atoms with E-state index in [0.717, 1.165) is 18.2 Å². The molecular formula is C10H16N4S. The lowest BCUT2D eigenvalue weighted by molar-refractivity contribution is 0.276. The van der Waals surface area contributed by atoms with Crippen LogP contribution in [0, 0.1) is 12.8 Å². The molecule has 2 N–H and O–H groups in total. The first-order chi connectivity index (χ1) is 7.18. The zero-order valence-corrected chi connectivity index (χ0v) is 9.76. The predicted molar refractivity (Wildman–Crippen MR) is 62.6 cm³/mol.